The summed E-state index contributed by atoms with van der Waals surface area (Å²) in [5.41, 5.74) is 7.38. The van der Waals surface area contributed by atoms with Crippen LogP contribution in [0.2, 0.25) is 0 Å². The third kappa shape index (κ3) is 3.29. The highest BCUT2D eigenvalue weighted by molar-refractivity contribution is 5.92. The molecule has 5 heteroatoms. The van der Waals surface area contributed by atoms with Crippen molar-refractivity contribution in [1.29, 1.82) is 0 Å². The van der Waals surface area contributed by atoms with Gasteiger partial charge in [0.1, 0.15) is 5.69 Å². The van der Waals surface area contributed by atoms with E-state index in [2.05, 4.69) is 10.3 Å². The molecule has 0 saturated carbocycles. The molecule has 0 aliphatic heterocycles. The van der Waals surface area contributed by atoms with E-state index in [1.165, 1.54) is 0 Å². The van der Waals surface area contributed by atoms with Crippen LogP contribution in [-0.4, -0.2) is 17.6 Å². The van der Waals surface area contributed by atoms with Crippen molar-refractivity contribution >= 4 is 18.3 Å². The van der Waals surface area contributed by atoms with Crippen LogP contribution < -0.4 is 11.1 Å². The summed E-state index contributed by atoms with van der Waals surface area (Å²) in [5, 5.41) is 2.52. The molecule has 0 fully saturated rings. The third-order valence-electron chi connectivity index (χ3n) is 2.31. The first-order chi connectivity index (χ1) is 8.31. The van der Waals surface area contributed by atoms with E-state index in [-0.39, 0.29) is 25.0 Å². The van der Waals surface area contributed by atoms with Crippen LogP contribution in [0.5, 0.6) is 0 Å². The monoisotopic (exact) mass is 263 g/mol. The topological polar surface area (TPSA) is 68.0 Å². The molecule has 0 saturated heterocycles. The summed E-state index contributed by atoms with van der Waals surface area (Å²) in [5.74, 6) is -0.259. The lowest BCUT2D eigenvalue weighted by Crippen LogP contribution is -2.29. The molecule has 94 valence electrons. The Hall–Kier alpha value is -1.91. The molecule has 0 spiro atoms. The van der Waals surface area contributed by atoms with Gasteiger partial charge >= 0.3 is 0 Å². The molecule has 2 aromatic rings. The van der Waals surface area contributed by atoms with Crippen LogP contribution in [0.25, 0.3) is 11.3 Å². The number of aromatic nitrogens is 1. The van der Waals surface area contributed by atoms with E-state index >= 15 is 0 Å². The number of nitrogens with one attached hydrogen (secondary N) is 1. The van der Waals surface area contributed by atoms with E-state index in [0.29, 0.717) is 5.69 Å². The van der Waals surface area contributed by atoms with Gasteiger partial charge in [-0.3, -0.25) is 4.79 Å². The zero-order chi connectivity index (χ0) is 12.1. The molecule has 0 aliphatic carbocycles. The number of rotatable bonds is 3. The Morgan fingerprint density at radius 3 is 2.50 bits per heavy atom. The lowest BCUT2D eigenvalue weighted by molar-refractivity contribution is 0.0950. The minimum absolute atomic E-state index is 0. The number of benzene rings is 1. The number of nitrogens with two attached hydrogens (primary N) is 1. The summed E-state index contributed by atoms with van der Waals surface area (Å²) in [4.78, 5) is 15.9. The van der Waals surface area contributed by atoms with Gasteiger partial charge in [-0.2, -0.15) is 0 Å². The predicted molar refractivity (Wildman–Crippen MR) is 73.4 cm³/mol. The first-order valence-corrected chi connectivity index (χ1v) is 5.32. The number of pyridine rings is 1. The molecule has 1 aromatic carbocycles. The van der Waals surface area contributed by atoms with Crippen molar-refractivity contribution in [2.24, 2.45) is 5.73 Å². The quantitative estimate of drug-likeness (QED) is 0.830. The van der Waals surface area contributed by atoms with Gasteiger partial charge in [-0.05, 0) is 12.1 Å². The molecule has 0 aliphatic rings. The second kappa shape index (κ2) is 6.74. The van der Waals surface area contributed by atoms with Crippen molar-refractivity contribution in [3.63, 3.8) is 0 Å². The number of amides is 1. The predicted octanol–water partition coefficient (Wildman–Crippen LogP) is 1.82. The summed E-state index contributed by atoms with van der Waals surface area (Å²) in [6.45, 7) is 0.107. The molecule has 1 amide bonds. The number of hydrogen-bond acceptors (Lipinski definition) is 3. The summed E-state index contributed by atoms with van der Waals surface area (Å²) < 4.78 is 0. The number of halogens is 1. The summed E-state index contributed by atoms with van der Waals surface area (Å²) in [6.07, 6.45) is 0. The Bertz CT molecular complexity index is 517. The zero-order valence-electron chi connectivity index (χ0n) is 9.67. The van der Waals surface area contributed by atoms with Crippen LogP contribution >= 0.6 is 12.4 Å². The second-order valence-electron chi connectivity index (χ2n) is 3.48. The molecule has 1 aromatic heterocycles. The number of hydrogen-bond donors (Lipinski definition) is 2. The summed E-state index contributed by atoms with van der Waals surface area (Å²) in [6, 6.07) is 15.1. The van der Waals surface area contributed by atoms with Gasteiger partial charge in [0.05, 0.1) is 12.4 Å². The lowest BCUT2D eigenvalue weighted by atomic mass is 10.1. The molecular formula is C13H14ClN3O. The van der Waals surface area contributed by atoms with E-state index < -0.39 is 0 Å². The van der Waals surface area contributed by atoms with Gasteiger partial charge < -0.3 is 11.1 Å². The maximum atomic E-state index is 11.6. The maximum absolute atomic E-state index is 11.6. The number of nitrogens with zero attached hydrogens (tertiary/aromatic N) is 1. The van der Waals surface area contributed by atoms with Crippen LogP contribution in [0.3, 0.4) is 0 Å². The first kappa shape index (κ1) is 14.2. The van der Waals surface area contributed by atoms with E-state index in [1.54, 1.807) is 12.1 Å². The molecule has 18 heavy (non-hydrogen) atoms. The highest BCUT2D eigenvalue weighted by Gasteiger charge is 2.07. The normalized spacial score (nSPS) is 9.39. The van der Waals surface area contributed by atoms with E-state index in [9.17, 15) is 4.79 Å². The van der Waals surface area contributed by atoms with Crippen molar-refractivity contribution in [2.75, 3.05) is 6.67 Å². The number of carbonyl (C=O) groups is 1. The van der Waals surface area contributed by atoms with Gasteiger partial charge in [0.15, 0.2) is 0 Å². The van der Waals surface area contributed by atoms with Gasteiger partial charge in [-0.25, -0.2) is 4.98 Å². The molecule has 0 bridgehead atoms. The Morgan fingerprint density at radius 2 is 1.83 bits per heavy atom. The number of carbonyl (C=O) groups excluding carboxylic acids is 1. The van der Waals surface area contributed by atoms with Gasteiger partial charge in [0.2, 0.25) is 0 Å². The van der Waals surface area contributed by atoms with Crippen LogP contribution in [0.4, 0.5) is 0 Å². The molecular weight excluding hydrogens is 250 g/mol. The fraction of sp³-hybridized carbons (Fsp3) is 0.0769. The van der Waals surface area contributed by atoms with Crippen molar-refractivity contribution in [1.82, 2.24) is 10.3 Å². The fourth-order valence-corrected chi connectivity index (χ4v) is 1.51. The van der Waals surface area contributed by atoms with E-state index in [1.807, 2.05) is 36.4 Å². The third-order valence-corrected chi connectivity index (χ3v) is 2.31. The second-order valence-corrected chi connectivity index (χ2v) is 3.48. The van der Waals surface area contributed by atoms with E-state index in [4.69, 9.17) is 5.73 Å². The molecule has 4 nitrogen and oxygen atoms in total. The van der Waals surface area contributed by atoms with Crippen LogP contribution in [0.1, 0.15) is 10.5 Å². The van der Waals surface area contributed by atoms with Crippen LogP contribution in [-0.2, 0) is 0 Å². The van der Waals surface area contributed by atoms with Crippen molar-refractivity contribution in [2.45, 2.75) is 0 Å². The summed E-state index contributed by atoms with van der Waals surface area (Å²) >= 11 is 0. The van der Waals surface area contributed by atoms with Crippen molar-refractivity contribution in [3.8, 4) is 11.3 Å². The fourth-order valence-electron chi connectivity index (χ4n) is 1.51. The largest absolute Gasteiger partial charge is 0.338 e. The Morgan fingerprint density at radius 1 is 1.11 bits per heavy atom. The van der Waals surface area contributed by atoms with E-state index in [0.717, 1.165) is 11.3 Å². The minimum Gasteiger partial charge on any atom is -0.338 e. The minimum atomic E-state index is -0.259. The SMILES string of the molecule is Cl.NCNC(=O)c1cccc(-c2ccccc2)n1. The molecule has 2 rings (SSSR count). The molecule has 0 atom stereocenters. The van der Waals surface area contributed by atoms with Crippen molar-refractivity contribution < 1.29 is 4.79 Å². The zero-order valence-corrected chi connectivity index (χ0v) is 10.5. The maximum Gasteiger partial charge on any atom is 0.270 e. The van der Waals surface area contributed by atoms with Gasteiger partial charge in [-0.15, -0.1) is 12.4 Å². The smallest absolute Gasteiger partial charge is 0.270 e. The lowest BCUT2D eigenvalue weighted by Gasteiger charge is -2.04. The van der Waals surface area contributed by atoms with Crippen LogP contribution in [0.15, 0.2) is 48.5 Å². The Labute approximate surface area is 112 Å². The Balaban J connectivity index is 0.00000162. The molecule has 3 N–H and O–H groups in total. The van der Waals surface area contributed by atoms with Crippen molar-refractivity contribution in [3.05, 3.63) is 54.2 Å². The van der Waals surface area contributed by atoms with Crippen LogP contribution in [0, 0.1) is 0 Å². The standard InChI is InChI=1S/C13H13N3O.ClH/c14-9-15-13(17)12-8-4-7-11(16-12)10-5-2-1-3-6-10;/h1-8H,9,14H2,(H,15,17);1H. The highest BCUT2D eigenvalue weighted by atomic mass is 35.5. The summed E-state index contributed by atoms with van der Waals surface area (Å²) in [7, 11) is 0. The Kier molecular flexibility index (Phi) is 5.30. The van der Waals surface area contributed by atoms with Gasteiger partial charge in [-0.1, -0.05) is 36.4 Å². The first-order valence-electron chi connectivity index (χ1n) is 5.32. The molecule has 0 unspecified atom stereocenters. The molecule has 1 heterocycles. The highest BCUT2D eigenvalue weighted by Crippen LogP contribution is 2.16. The molecule has 0 radical (unpaired) electrons. The average molecular weight is 264 g/mol. The van der Waals surface area contributed by atoms with Gasteiger partial charge in [0, 0.05) is 5.56 Å². The van der Waals surface area contributed by atoms with Gasteiger partial charge in [0.25, 0.3) is 5.91 Å². The average Bonchev–Trinajstić information content (AvgIpc) is 2.40.